The van der Waals surface area contributed by atoms with E-state index in [1.54, 1.807) is 0 Å². The van der Waals surface area contributed by atoms with Gasteiger partial charge in [-0.25, -0.2) is 0 Å². The van der Waals surface area contributed by atoms with Crippen LogP contribution in [0.3, 0.4) is 0 Å². The lowest BCUT2D eigenvalue weighted by Crippen LogP contribution is -2.19. The van der Waals surface area contributed by atoms with E-state index in [4.69, 9.17) is 0 Å². The SMILES string of the molecule is Cc1nn(C2CCCCCC2C#N)c(C)c1Br. The van der Waals surface area contributed by atoms with E-state index in [0.29, 0.717) is 0 Å². The van der Waals surface area contributed by atoms with Gasteiger partial charge in [0.05, 0.1) is 33.9 Å². The first-order chi connectivity index (χ1) is 8.15. The number of rotatable bonds is 1. The van der Waals surface area contributed by atoms with Crippen LogP contribution >= 0.6 is 15.9 Å². The van der Waals surface area contributed by atoms with Crippen molar-refractivity contribution >= 4 is 15.9 Å². The van der Waals surface area contributed by atoms with Crippen molar-refractivity contribution in [2.45, 2.75) is 52.0 Å². The van der Waals surface area contributed by atoms with E-state index in [2.05, 4.69) is 38.7 Å². The van der Waals surface area contributed by atoms with Gasteiger partial charge in [0.15, 0.2) is 0 Å². The maximum absolute atomic E-state index is 9.31. The number of nitrogens with zero attached hydrogens (tertiary/aromatic N) is 3. The zero-order valence-corrected chi connectivity index (χ0v) is 12.0. The topological polar surface area (TPSA) is 41.6 Å². The molecule has 0 N–H and O–H groups in total. The lowest BCUT2D eigenvalue weighted by molar-refractivity contribution is 0.336. The molecular weight excluding hydrogens is 278 g/mol. The first-order valence-electron chi connectivity index (χ1n) is 6.26. The van der Waals surface area contributed by atoms with Crippen molar-refractivity contribution in [3.05, 3.63) is 15.9 Å². The molecule has 0 spiro atoms. The monoisotopic (exact) mass is 295 g/mol. The van der Waals surface area contributed by atoms with Crippen LogP contribution in [-0.2, 0) is 0 Å². The molecule has 1 fully saturated rings. The molecule has 0 bridgehead atoms. The van der Waals surface area contributed by atoms with Crippen LogP contribution in [0.15, 0.2) is 4.47 Å². The Morgan fingerprint density at radius 2 is 2.00 bits per heavy atom. The number of hydrogen-bond donors (Lipinski definition) is 0. The van der Waals surface area contributed by atoms with Crippen molar-refractivity contribution < 1.29 is 0 Å². The number of hydrogen-bond acceptors (Lipinski definition) is 2. The minimum Gasteiger partial charge on any atom is -0.264 e. The van der Waals surface area contributed by atoms with Gasteiger partial charge in [0.2, 0.25) is 0 Å². The molecule has 3 nitrogen and oxygen atoms in total. The second-order valence-electron chi connectivity index (χ2n) is 4.87. The summed E-state index contributed by atoms with van der Waals surface area (Å²) in [7, 11) is 0. The molecule has 0 aliphatic heterocycles. The van der Waals surface area contributed by atoms with Crippen LogP contribution in [0.1, 0.15) is 49.5 Å². The normalized spacial score (nSPS) is 25.3. The van der Waals surface area contributed by atoms with Crippen LogP contribution in [0.25, 0.3) is 0 Å². The second kappa shape index (κ2) is 5.22. The fraction of sp³-hybridized carbons (Fsp3) is 0.692. The van der Waals surface area contributed by atoms with Crippen LogP contribution < -0.4 is 0 Å². The predicted molar refractivity (Wildman–Crippen MR) is 70.6 cm³/mol. The smallest absolute Gasteiger partial charge is 0.0738 e. The van der Waals surface area contributed by atoms with Crippen LogP contribution in [0.4, 0.5) is 0 Å². The molecule has 1 aliphatic carbocycles. The average molecular weight is 296 g/mol. The summed E-state index contributed by atoms with van der Waals surface area (Å²) >= 11 is 3.56. The third-order valence-corrected chi connectivity index (χ3v) is 4.84. The summed E-state index contributed by atoms with van der Waals surface area (Å²) < 4.78 is 3.15. The third kappa shape index (κ3) is 2.40. The maximum atomic E-state index is 9.31. The molecule has 1 saturated carbocycles. The summed E-state index contributed by atoms with van der Waals surface area (Å²) in [6, 6.07) is 2.73. The summed E-state index contributed by atoms with van der Waals surface area (Å²) in [6.07, 6.45) is 5.72. The van der Waals surface area contributed by atoms with E-state index in [-0.39, 0.29) is 12.0 Å². The lowest BCUT2D eigenvalue weighted by atomic mass is 9.96. The zero-order valence-electron chi connectivity index (χ0n) is 10.4. The first-order valence-corrected chi connectivity index (χ1v) is 7.05. The van der Waals surface area contributed by atoms with E-state index in [9.17, 15) is 5.26 Å². The summed E-state index contributed by atoms with van der Waals surface area (Å²) in [5, 5.41) is 13.9. The Morgan fingerprint density at radius 1 is 1.29 bits per heavy atom. The fourth-order valence-electron chi connectivity index (χ4n) is 2.70. The molecule has 1 aliphatic rings. The van der Waals surface area contributed by atoms with Crippen molar-refractivity contribution in [1.82, 2.24) is 9.78 Å². The van der Waals surface area contributed by atoms with Crippen LogP contribution in [0.2, 0.25) is 0 Å². The van der Waals surface area contributed by atoms with Gasteiger partial charge in [0.1, 0.15) is 0 Å². The minimum atomic E-state index is 0.113. The molecule has 0 saturated heterocycles. The number of aromatic nitrogens is 2. The van der Waals surface area contributed by atoms with Gasteiger partial charge in [-0.15, -0.1) is 0 Å². The average Bonchev–Trinajstić information content (AvgIpc) is 2.55. The molecule has 0 amide bonds. The maximum Gasteiger partial charge on any atom is 0.0738 e. The van der Waals surface area contributed by atoms with Gasteiger partial charge >= 0.3 is 0 Å². The standard InChI is InChI=1S/C13H18BrN3/c1-9-13(14)10(2)17(16-9)12-7-5-3-4-6-11(12)8-15/h11-12H,3-7H2,1-2H3. The van der Waals surface area contributed by atoms with Gasteiger partial charge in [-0.2, -0.15) is 10.4 Å². The quantitative estimate of drug-likeness (QED) is 0.737. The Kier molecular flexibility index (Phi) is 3.88. The molecule has 17 heavy (non-hydrogen) atoms. The van der Waals surface area contributed by atoms with Gasteiger partial charge in [0, 0.05) is 0 Å². The molecular formula is C13H18BrN3. The Balaban J connectivity index is 2.35. The number of nitriles is 1. The van der Waals surface area contributed by atoms with E-state index in [1.165, 1.54) is 19.3 Å². The van der Waals surface area contributed by atoms with Gasteiger partial charge in [-0.1, -0.05) is 19.3 Å². The highest BCUT2D eigenvalue weighted by Gasteiger charge is 2.27. The molecule has 4 heteroatoms. The van der Waals surface area contributed by atoms with Crippen LogP contribution in [-0.4, -0.2) is 9.78 Å². The summed E-state index contributed by atoms with van der Waals surface area (Å²) in [5.41, 5.74) is 2.16. The van der Waals surface area contributed by atoms with Crippen molar-refractivity contribution in [3.63, 3.8) is 0 Å². The first kappa shape index (κ1) is 12.6. The van der Waals surface area contributed by atoms with Gasteiger partial charge in [0.25, 0.3) is 0 Å². The highest BCUT2D eigenvalue weighted by molar-refractivity contribution is 9.10. The van der Waals surface area contributed by atoms with Gasteiger partial charge < -0.3 is 0 Å². The molecule has 2 atom stereocenters. The molecule has 0 radical (unpaired) electrons. The van der Waals surface area contributed by atoms with Crippen molar-refractivity contribution in [1.29, 1.82) is 5.26 Å². The van der Waals surface area contributed by atoms with Crippen molar-refractivity contribution in [3.8, 4) is 6.07 Å². The fourth-order valence-corrected chi connectivity index (χ4v) is 2.96. The largest absolute Gasteiger partial charge is 0.264 e. The molecule has 92 valence electrons. The summed E-state index contributed by atoms with van der Waals surface area (Å²) in [6.45, 7) is 4.08. The van der Waals surface area contributed by atoms with E-state index in [1.807, 2.05) is 6.92 Å². The summed E-state index contributed by atoms with van der Waals surface area (Å²) in [5.74, 6) is 0.113. The Morgan fingerprint density at radius 3 is 2.59 bits per heavy atom. The molecule has 1 heterocycles. The van der Waals surface area contributed by atoms with Crippen LogP contribution in [0.5, 0.6) is 0 Å². The minimum absolute atomic E-state index is 0.113. The molecule has 2 rings (SSSR count). The van der Waals surface area contributed by atoms with Gasteiger partial charge in [-0.05, 0) is 42.6 Å². The molecule has 2 unspecified atom stereocenters. The summed E-state index contributed by atoms with van der Waals surface area (Å²) in [4.78, 5) is 0. The third-order valence-electron chi connectivity index (χ3n) is 3.70. The van der Waals surface area contributed by atoms with E-state index >= 15 is 0 Å². The molecule has 1 aromatic rings. The molecule has 1 aromatic heterocycles. The van der Waals surface area contributed by atoms with Crippen molar-refractivity contribution in [2.24, 2.45) is 5.92 Å². The second-order valence-corrected chi connectivity index (χ2v) is 5.66. The highest BCUT2D eigenvalue weighted by Crippen LogP contribution is 2.34. The Hall–Kier alpha value is -0.820. The Labute approximate surface area is 111 Å². The van der Waals surface area contributed by atoms with E-state index in [0.717, 1.165) is 28.7 Å². The lowest BCUT2D eigenvalue weighted by Gasteiger charge is -2.21. The number of halogens is 1. The van der Waals surface area contributed by atoms with E-state index < -0.39 is 0 Å². The zero-order chi connectivity index (χ0) is 12.4. The van der Waals surface area contributed by atoms with Crippen LogP contribution in [0, 0.1) is 31.1 Å². The van der Waals surface area contributed by atoms with Crippen molar-refractivity contribution in [2.75, 3.05) is 0 Å². The van der Waals surface area contributed by atoms with Gasteiger partial charge in [-0.3, -0.25) is 4.68 Å². The Bertz CT molecular complexity index is 444. The predicted octanol–water partition coefficient (Wildman–Crippen LogP) is 3.91. The highest BCUT2D eigenvalue weighted by atomic mass is 79.9. The number of aryl methyl sites for hydroxylation is 1. The molecule has 0 aromatic carbocycles.